The zero-order valence-corrected chi connectivity index (χ0v) is 14.4. The predicted molar refractivity (Wildman–Crippen MR) is 103 cm³/mol. The molecule has 0 aliphatic rings. The molecule has 0 saturated heterocycles. The number of aromatic nitrogens is 2. The van der Waals surface area contributed by atoms with Crippen LogP contribution in [0.15, 0.2) is 97.3 Å². The van der Waals surface area contributed by atoms with Gasteiger partial charge in [-0.3, -0.25) is 0 Å². The van der Waals surface area contributed by atoms with E-state index in [1.54, 1.807) is 6.33 Å². The van der Waals surface area contributed by atoms with E-state index in [1.165, 1.54) is 11.5 Å². The average molecular weight is 343 g/mol. The van der Waals surface area contributed by atoms with Gasteiger partial charge in [0.25, 0.3) is 0 Å². The van der Waals surface area contributed by atoms with Crippen LogP contribution in [0.4, 0.5) is 5.13 Å². The lowest BCUT2D eigenvalue weighted by Gasteiger charge is -2.36. The van der Waals surface area contributed by atoms with Crippen LogP contribution in [0.2, 0.25) is 0 Å². The van der Waals surface area contributed by atoms with Crippen molar-refractivity contribution in [3.05, 3.63) is 114 Å². The Morgan fingerprint density at radius 3 is 1.44 bits per heavy atom. The van der Waals surface area contributed by atoms with Crippen LogP contribution in [0.25, 0.3) is 0 Å². The fourth-order valence-electron chi connectivity index (χ4n) is 3.17. The molecule has 1 heterocycles. The van der Waals surface area contributed by atoms with Gasteiger partial charge in [0.05, 0.1) is 0 Å². The Balaban J connectivity index is 2.01. The third-order valence-electron chi connectivity index (χ3n) is 4.28. The molecule has 0 radical (unpaired) electrons. The van der Waals surface area contributed by atoms with Crippen molar-refractivity contribution in [2.24, 2.45) is 0 Å². The highest BCUT2D eigenvalue weighted by Gasteiger charge is 2.36. The van der Waals surface area contributed by atoms with Gasteiger partial charge in [0.15, 0.2) is 0 Å². The zero-order valence-electron chi connectivity index (χ0n) is 13.5. The summed E-state index contributed by atoms with van der Waals surface area (Å²) in [5.41, 5.74) is 2.93. The Labute approximate surface area is 151 Å². The molecule has 4 aromatic rings. The maximum Gasteiger partial charge on any atom is 0.203 e. The van der Waals surface area contributed by atoms with Crippen molar-refractivity contribution in [2.45, 2.75) is 5.54 Å². The summed E-state index contributed by atoms with van der Waals surface area (Å²) in [6.45, 7) is 0. The number of hydrogen-bond acceptors (Lipinski definition) is 4. The van der Waals surface area contributed by atoms with Gasteiger partial charge >= 0.3 is 0 Å². The summed E-state index contributed by atoms with van der Waals surface area (Å²) >= 11 is 1.36. The molecule has 3 nitrogen and oxygen atoms in total. The van der Waals surface area contributed by atoms with E-state index in [9.17, 15) is 0 Å². The van der Waals surface area contributed by atoms with Crippen molar-refractivity contribution in [1.29, 1.82) is 0 Å². The van der Waals surface area contributed by atoms with Crippen LogP contribution in [-0.4, -0.2) is 9.36 Å². The molecule has 0 fully saturated rings. The van der Waals surface area contributed by atoms with Gasteiger partial charge in [-0.1, -0.05) is 91.0 Å². The van der Waals surface area contributed by atoms with Gasteiger partial charge in [-0.25, -0.2) is 4.98 Å². The molecular weight excluding hydrogens is 326 g/mol. The molecule has 0 aliphatic carbocycles. The first-order valence-corrected chi connectivity index (χ1v) is 8.88. The summed E-state index contributed by atoms with van der Waals surface area (Å²) in [6, 6.07) is 31.4. The number of hydrogen-bond donors (Lipinski definition) is 1. The van der Waals surface area contributed by atoms with Gasteiger partial charge in [-0.15, -0.1) is 0 Å². The molecule has 25 heavy (non-hydrogen) atoms. The van der Waals surface area contributed by atoms with Crippen molar-refractivity contribution in [2.75, 3.05) is 5.32 Å². The van der Waals surface area contributed by atoms with Gasteiger partial charge in [0.2, 0.25) is 5.13 Å². The second-order valence-corrected chi connectivity index (χ2v) is 6.50. The third-order valence-corrected chi connectivity index (χ3v) is 4.86. The van der Waals surface area contributed by atoms with Crippen molar-refractivity contribution < 1.29 is 0 Å². The van der Waals surface area contributed by atoms with Gasteiger partial charge in [-0.2, -0.15) is 4.37 Å². The highest BCUT2D eigenvalue weighted by Crippen LogP contribution is 2.39. The van der Waals surface area contributed by atoms with Gasteiger partial charge in [-0.05, 0) is 16.7 Å². The van der Waals surface area contributed by atoms with E-state index in [0.29, 0.717) is 0 Å². The second kappa shape index (κ2) is 6.87. The molecule has 0 aliphatic heterocycles. The zero-order chi connectivity index (χ0) is 17.0. The van der Waals surface area contributed by atoms with Crippen molar-refractivity contribution in [1.82, 2.24) is 9.36 Å². The lowest BCUT2D eigenvalue weighted by Crippen LogP contribution is -2.38. The molecule has 1 N–H and O–H groups in total. The second-order valence-electron chi connectivity index (χ2n) is 5.72. The molecule has 4 heteroatoms. The van der Waals surface area contributed by atoms with Gasteiger partial charge < -0.3 is 5.32 Å². The van der Waals surface area contributed by atoms with Crippen LogP contribution in [0.3, 0.4) is 0 Å². The van der Waals surface area contributed by atoms with E-state index in [1.807, 2.05) is 18.2 Å². The fourth-order valence-corrected chi connectivity index (χ4v) is 3.66. The topological polar surface area (TPSA) is 37.8 Å². The highest BCUT2D eigenvalue weighted by molar-refractivity contribution is 7.09. The number of rotatable bonds is 5. The number of benzene rings is 3. The van der Waals surface area contributed by atoms with E-state index in [2.05, 4.69) is 87.5 Å². The molecule has 4 rings (SSSR count). The summed E-state index contributed by atoms with van der Waals surface area (Å²) in [7, 11) is 0. The van der Waals surface area contributed by atoms with Gasteiger partial charge in [0.1, 0.15) is 11.9 Å². The maximum atomic E-state index is 4.37. The highest BCUT2D eigenvalue weighted by atomic mass is 32.1. The van der Waals surface area contributed by atoms with E-state index >= 15 is 0 Å². The first kappa shape index (κ1) is 15.5. The maximum absolute atomic E-state index is 4.37. The number of nitrogens with zero attached hydrogens (tertiary/aromatic N) is 2. The first-order chi connectivity index (χ1) is 12.4. The molecule has 122 valence electrons. The smallest absolute Gasteiger partial charge is 0.203 e. The fraction of sp³-hybridized carbons (Fsp3) is 0.0476. The largest absolute Gasteiger partial charge is 0.343 e. The molecule has 0 spiro atoms. The monoisotopic (exact) mass is 343 g/mol. The van der Waals surface area contributed by atoms with Crippen molar-refractivity contribution in [3.8, 4) is 0 Å². The minimum atomic E-state index is -0.538. The van der Waals surface area contributed by atoms with Crippen LogP contribution >= 0.6 is 11.5 Å². The molecular formula is C21H17N3S. The van der Waals surface area contributed by atoms with E-state index in [-0.39, 0.29) is 0 Å². The molecule has 0 bridgehead atoms. The van der Waals surface area contributed by atoms with Crippen LogP contribution in [0.1, 0.15) is 16.7 Å². The summed E-state index contributed by atoms with van der Waals surface area (Å²) in [5, 5.41) is 4.45. The van der Waals surface area contributed by atoms with E-state index in [0.717, 1.165) is 21.8 Å². The van der Waals surface area contributed by atoms with E-state index in [4.69, 9.17) is 0 Å². The molecule has 0 atom stereocenters. The normalized spacial score (nSPS) is 11.2. The van der Waals surface area contributed by atoms with Crippen LogP contribution in [0.5, 0.6) is 0 Å². The molecule has 0 amide bonds. The quantitative estimate of drug-likeness (QED) is 0.521. The standard InChI is InChI=1S/C21H17N3S/c1-4-10-17(11-5-1)21(18-12-6-2-7-13-18,19-14-8-3-9-15-19)24-20-22-16-23-25-20/h1-16H,(H,22,23,24). The summed E-state index contributed by atoms with van der Waals surface area (Å²) in [5.74, 6) is 0. The number of anilines is 1. The summed E-state index contributed by atoms with van der Waals surface area (Å²) in [4.78, 5) is 4.37. The molecule has 1 aromatic heterocycles. The third kappa shape index (κ3) is 2.92. The average Bonchev–Trinajstić information content (AvgIpc) is 3.21. The SMILES string of the molecule is c1ccc(C(Nc2ncns2)(c2ccccc2)c2ccccc2)cc1. The Morgan fingerprint density at radius 2 is 1.08 bits per heavy atom. The van der Waals surface area contributed by atoms with Crippen molar-refractivity contribution >= 4 is 16.7 Å². The summed E-state index contributed by atoms with van der Waals surface area (Å²) < 4.78 is 4.16. The Hall–Kier alpha value is -2.98. The molecule has 0 unspecified atom stereocenters. The lowest BCUT2D eigenvalue weighted by atomic mass is 9.77. The first-order valence-electron chi connectivity index (χ1n) is 8.11. The molecule has 3 aromatic carbocycles. The Morgan fingerprint density at radius 1 is 0.640 bits per heavy atom. The van der Waals surface area contributed by atoms with Gasteiger partial charge in [0, 0.05) is 11.5 Å². The van der Waals surface area contributed by atoms with Crippen LogP contribution < -0.4 is 5.32 Å². The van der Waals surface area contributed by atoms with E-state index < -0.39 is 5.54 Å². The van der Waals surface area contributed by atoms with Crippen LogP contribution in [0, 0.1) is 0 Å². The predicted octanol–water partition coefficient (Wildman–Crippen LogP) is 4.94. The molecule has 0 saturated carbocycles. The lowest BCUT2D eigenvalue weighted by molar-refractivity contribution is 0.710. The van der Waals surface area contributed by atoms with Crippen LogP contribution in [-0.2, 0) is 5.54 Å². The van der Waals surface area contributed by atoms with Crippen molar-refractivity contribution in [3.63, 3.8) is 0 Å². The summed E-state index contributed by atoms with van der Waals surface area (Å²) in [6.07, 6.45) is 1.58. The Kier molecular flexibility index (Phi) is 4.27. The minimum absolute atomic E-state index is 0.538. The number of nitrogens with one attached hydrogen (secondary N) is 1. The minimum Gasteiger partial charge on any atom is -0.343 e. The Bertz CT molecular complexity index is 811.